The lowest BCUT2D eigenvalue weighted by molar-refractivity contribution is -0.149. The average Bonchev–Trinajstić information content (AvgIpc) is 3.17. The molecule has 164 valence electrons. The number of ether oxygens (including phenoxy) is 1. The lowest BCUT2D eigenvalue weighted by Gasteiger charge is -2.37. The largest absolute Gasteiger partial charge is 0.466 e. The van der Waals surface area contributed by atoms with Crippen molar-refractivity contribution in [1.82, 2.24) is 13.6 Å². The van der Waals surface area contributed by atoms with Crippen LogP contribution < -0.4 is 0 Å². The van der Waals surface area contributed by atoms with Crippen LogP contribution in [0.25, 0.3) is 11.1 Å². The van der Waals surface area contributed by atoms with Gasteiger partial charge in [-0.25, -0.2) is 4.98 Å². The number of hydrogen-bond acceptors (Lipinski definition) is 6. The Morgan fingerprint density at radius 2 is 2.00 bits per heavy atom. The zero-order valence-corrected chi connectivity index (χ0v) is 18.5. The number of carbonyl (C=O) groups is 1. The zero-order valence-electron chi connectivity index (χ0n) is 16.9. The Kier molecular flexibility index (Phi) is 6.34. The van der Waals surface area contributed by atoms with Crippen LogP contribution in [0.2, 0.25) is 5.02 Å². The van der Waals surface area contributed by atoms with Crippen LogP contribution in [0, 0.1) is 5.92 Å². The molecule has 2 aliphatic heterocycles. The fraction of sp³-hybridized carbons (Fsp3) is 0.600. The molecule has 2 fully saturated rings. The first kappa shape index (κ1) is 21.5. The molecule has 0 saturated carbocycles. The summed E-state index contributed by atoms with van der Waals surface area (Å²) < 4.78 is 40.2. The van der Waals surface area contributed by atoms with Crippen LogP contribution in [0.5, 0.6) is 0 Å². The monoisotopic (exact) mass is 455 g/mol. The first-order valence-electron chi connectivity index (χ1n) is 10.4. The van der Waals surface area contributed by atoms with E-state index in [1.165, 1.54) is 8.61 Å². The number of benzene rings is 1. The van der Waals surface area contributed by atoms with Crippen LogP contribution in [0.1, 0.15) is 44.4 Å². The van der Waals surface area contributed by atoms with Crippen molar-refractivity contribution in [3.8, 4) is 0 Å². The highest BCUT2D eigenvalue weighted by Crippen LogP contribution is 2.33. The molecule has 0 radical (unpaired) electrons. The number of rotatable bonds is 5. The van der Waals surface area contributed by atoms with Crippen molar-refractivity contribution in [2.45, 2.75) is 38.5 Å². The summed E-state index contributed by atoms with van der Waals surface area (Å²) in [6, 6.07) is 5.32. The van der Waals surface area contributed by atoms with Crippen molar-refractivity contribution >= 4 is 38.9 Å². The lowest BCUT2D eigenvalue weighted by atomic mass is 9.98. The van der Waals surface area contributed by atoms with E-state index in [1.54, 1.807) is 25.1 Å². The van der Waals surface area contributed by atoms with E-state index in [0.717, 1.165) is 0 Å². The van der Waals surface area contributed by atoms with Crippen LogP contribution in [-0.2, 0) is 19.7 Å². The number of carbonyl (C=O) groups excluding carboxylic acids is 1. The fourth-order valence-corrected chi connectivity index (χ4v) is 6.09. The van der Waals surface area contributed by atoms with E-state index in [-0.39, 0.29) is 18.4 Å². The van der Waals surface area contributed by atoms with Crippen molar-refractivity contribution in [3.05, 3.63) is 29.1 Å². The van der Waals surface area contributed by atoms with Crippen LogP contribution in [0.3, 0.4) is 0 Å². The topological polar surface area (TPSA) is 93.0 Å². The van der Waals surface area contributed by atoms with Gasteiger partial charge >= 0.3 is 5.97 Å². The predicted octanol–water partition coefficient (Wildman–Crippen LogP) is 3.18. The van der Waals surface area contributed by atoms with Gasteiger partial charge in [0, 0.05) is 37.1 Å². The maximum atomic E-state index is 13.1. The molecule has 1 atom stereocenters. The average molecular weight is 456 g/mol. The molecule has 0 N–H and O–H groups in total. The van der Waals surface area contributed by atoms with Gasteiger partial charge in [0.05, 0.1) is 12.5 Å². The molecule has 0 aliphatic carbocycles. The Labute approximate surface area is 181 Å². The molecule has 2 aliphatic rings. The maximum Gasteiger partial charge on any atom is 0.310 e. The third-order valence-electron chi connectivity index (χ3n) is 5.83. The van der Waals surface area contributed by atoms with Gasteiger partial charge in [0.1, 0.15) is 5.52 Å². The van der Waals surface area contributed by atoms with Crippen molar-refractivity contribution in [1.29, 1.82) is 0 Å². The number of fused-ring (bicyclic) bond motifs is 1. The second-order valence-electron chi connectivity index (χ2n) is 7.79. The van der Waals surface area contributed by atoms with E-state index in [9.17, 15) is 13.2 Å². The molecule has 0 amide bonds. The quantitative estimate of drug-likeness (QED) is 0.643. The highest BCUT2D eigenvalue weighted by Gasteiger charge is 2.38. The van der Waals surface area contributed by atoms with E-state index in [2.05, 4.69) is 4.98 Å². The Bertz CT molecular complexity index is 1020. The van der Waals surface area contributed by atoms with Crippen LogP contribution >= 0.6 is 11.6 Å². The molecule has 4 rings (SSSR count). The highest BCUT2D eigenvalue weighted by atomic mass is 35.5. The summed E-state index contributed by atoms with van der Waals surface area (Å²) in [5.41, 5.74) is 1.40. The molecular formula is C20H26ClN3O5S. The molecule has 10 heteroatoms. The standard InChI is InChI=1S/C20H26ClN3O5S/c1-2-28-20(25)15-4-3-9-24(13-15)30(26,27)23-10-7-14(8-11-23)19-22-17-12-16(21)5-6-18(17)29-19/h5-6,12,14-15H,2-4,7-11,13H2,1H3. The molecule has 1 aromatic carbocycles. The molecule has 1 aromatic heterocycles. The molecule has 0 bridgehead atoms. The minimum absolute atomic E-state index is 0.0660. The van der Waals surface area contributed by atoms with Crippen molar-refractivity contribution < 1.29 is 22.4 Å². The smallest absolute Gasteiger partial charge is 0.310 e. The van der Waals surface area contributed by atoms with Gasteiger partial charge in [0.15, 0.2) is 11.5 Å². The van der Waals surface area contributed by atoms with Crippen molar-refractivity contribution in [2.24, 2.45) is 5.92 Å². The van der Waals surface area contributed by atoms with Gasteiger partial charge in [-0.15, -0.1) is 0 Å². The molecular weight excluding hydrogens is 430 g/mol. The summed E-state index contributed by atoms with van der Waals surface area (Å²) >= 11 is 6.02. The number of halogens is 1. The van der Waals surface area contributed by atoms with E-state index in [1.807, 2.05) is 0 Å². The summed E-state index contributed by atoms with van der Waals surface area (Å²) in [7, 11) is -3.61. The zero-order chi connectivity index (χ0) is 21.3. The minimum Gasteiger partial charge on any atom is -0.466 e. The normalized spacial score (nSPS) is 22.4. The van der Waals surface area contributed by atoms with Crippen LogP contribution in [-0.4, -0.2) is 60.8 Å². The number of aromatic nitrogens is 1. The number of piperidine rings is 2. The number of nitrogens with zero attached hydrogens (tertiary/aromatic N) is 3. The van der Waals surface area contributed by atoms with Gasteiger partial charge in [-0.2, -0.15) is 17.0 Å². The summed E-state index contributed by atoms with van der Waals surface area (Å²) in [5, 5.41) is 0.603. The Balaban J connectivity index is 1.40. The molecule has 30 heavy (non-hydrogen) atoms. The van der Waals surface area contributed by atoms with E-state index in [4.69, 9.17) is 20.8 Å². The number of esters is 1. The van der Waals surface area contributed by atoms with Crippen LogP contribution in [0.15, 0.2) is 22.6 Å². The van der Waals surface area contributed by atoms with E-state index < -0.39 is 16.1 Å². The molecule has 0 spiro atoms. The molecule has 1 unspecified atom stereocenters. The summed E-state index contributed by atoms with van der Waals surface area (Å²) in [6.07, 6.45) is 2.59. The predicted molar refractivity (Wildman–Crippen MR) is 112 cm³/mol. The number of hydrogen-bond donors (Lipinski definition) is 0. The third kappa shape index (κ3) is 4.34. The van der Waals surface area contributed by atoms with Gasteiger partial charge in [0.25, 0.3) is 10.2 Å². The van der Waals surface area contributed by atoms with Gasteiger partial charge in [0.2, 0.25) is 0 Å². The second-order valence-corrected chi connectivity index (χ2v) is 10.2. The molecule has 2 saturated heterocycles. The van der Waals surface area contributed by atoms with Crippen LogP contribution in [0.4, 0.5) is 0 Å². The maximum absolute atomic E-state index is 13.1. The van der Waals surface area contributed by atoms with Gasteiger partial charge in [-0.3, -0.25) is 4.79 Å². The Morgan fingerprint density at radius 3 is 2.73 bits per heavy atom. The van der Waals surface area contributed by atoms with Crippen molar-refractivity contribution in [2.75, 3.05) is 32.8 Å². The van der Waals surface area contributed by atoms with Gasteiger partial charge in [-0.05, 0) is 50.8 Å². The fourth-order valence-electron chi connectivity index (χ4n) is 4.19. The third-order valence-corrected chi connectivity index (χ3v) is 8.06. The SMILES string of the molecule is CCOC(=O)C1CCCN(S(=O)(=O)N2CCC(c3nc4cc(Cl)ccc4o3)CC2)C1. The Morgan fingerprint density at radius 1 is 1.23 bits per heavy atom. The van der Waals surface area contributed by atoms with Gasteiger partial charge < -0.3 is 9.15 Å². The highest BCUT2D eigenvalue weighted by molar-refractivity contribution is 7.86. The lowest BCUT2D eigenvalue weighted by Crippen LogP contribution is -2.51. The summed E-state index contributed by atoms with van der Waals surface area (Å²) in [6.45, 7) is 3.47. The molecule has 8 nitrogen and oxygen atoms in total. The van der Waals surface area contributed by atoms with Crippen molar-refractivity contribution in [3.63, 3.8) is 0 Å². The first-order valence-corrected chi connectivity index (χ1v) is 12.1. The van der Waals surface area contributed by atoms with Gasteiger partial charge in [-0.1, -0.05) is 11.6 Å². The minimum atomic E-state index is -3.61. The Hall–Kier alpha value is -1.68. The molecule has 2 aromatic rings. The first-order chi connectivity index (χ1) is 14.4. The molecule has 3 heterocycles. The number of oxazole rings is 1. The van der Waals surface area contributed by atoms with E-state index >= 15 is 0 Å². The van der Waals surface area contributed by atoms with E-state index in [0.29, 0.717) is 73.9 Å². The second kappa shape index (κ2) is 8.82. The summed E-state index contributed by atoms with van der Waals surface area (Å²) in [4.78, 5) is 16.6. The summed E-state index contributed by atoms with van der Waals surface area (Å²) in [5.74, 6) is -0.00863.